The first kappa shape index (κ1) is 31.1. The van der Waals surface area contributed by atoms with Crippen LogP contribution in [0, 0.1) is 5.92 Å². The van der Waals surface area contributed by atoms with Crippen molar-refractivity contribution in [2.75, 3.05) is 19.6 Å². The van der Waals surface area contributed by atoms with E-state index in [1.54, 1.807) is 0 Å². The Labute approximate surface area is 235 Å². The Bertz CT molecular complexity index is 1110. The summed E-state index contributed by atoms with van der Waals surface area (Å²) in [5, 5.41) is 21.9. The number of aliphatic carboxylic acids is 1. The first-order valence-corrected chi connectivity index (χ1v) is 13.4. The van der Waals surface area contributed by atoms with E-state index >= 15 is 0 Å². The van der Waals surface area contributed by atoms with Gasteiger partial charge < -0.3 is 48.1 Å². The third-order valence-corrected chi connectivity index (χ3v) is 7.31. The molecule has 0 aromatic heterocycles. The number of carboxylic acid groups (broad SMARTS) is 1. The van der Waals surface area contributed by atoms with Gasteiger partial charge in [-0.15, -0.1) is 0 Å². The summed E-state index contributed by atoms with van der Waals surface area (Å²) in [6.07, 6.45) is 0.776. The van der Waals surface area contributed by atoms with Gasteiger partial charge in [-0.05, 0) is 32.1 Å². The number of guanidine groups is 1. The van der Waals surface area contributed by atoms with Crippen molar-refractivity contribution in [1.82, 2.24) is 31.5 Å². The molecule has 17 nitrogen and oxygen atoms in total. The van der Waals surface area contributed by atoms with Crippen LogP contribution in [-0.4, -0.2) is 107 Å². The highest BCUT2D eigenvalue weighted by Crippen LogP contribution is 2.35. The Balaban J connectivity index is 1.94. The first-order chi connectivity index (χ1) is 19.4. The molecule has 0 saturated carbocycles. The van der Waals surface area contributed by atoms with Crippen LogP contribution in [0.15, 0.2) is 4.99 Å². The van der Waals surface area contributed by atoms with Crippen LogP contribution >= 0.6 is 0 Å². The number of nitrogens with one attached hydrogen (secondary N) is 5. The van der Waals surface area contributed by atoms with E-state index in [0.29, 0.717) is 25.7 Å². The topological polar surface area (TPSA) is 268 Å². The van der Waals surface area contributed by atoms with Crippen LogP contribution in [-0.2, 0) is 33.6 Å². The van der Waals surface area contributed by atoms with Gasteiger partial charge in [0.25, 0.3) is 0 Å². The van der Waals surface area contributed by atoms with Crippen LogP contribution in [0.25, 0.3) is 0 Å². The van der Waals surface area contributed by atoms with E-state index in [1.807, 2.05) is 0 Å². The van der Waals surface area contributed by atoms with Gasteiger partial charge in [-0.3, -0.25) is 38.6 Å². The quantitative estimate of drug-likeness (QED) is 0.0777. The Morgan fingerprint density at radius 3 is 2.41 bits per heavy atom. The molecule has 0 aromatic carbocycles. The van der Waals surface area contributed by atoms with E-state index in [4.69, 9.17) is 11.5 Å². The molecule has 10 N–H and O–H groups in total. The highest BCUT2D eigenvalue weighted by molar-refractivity contribution is 5.98. The van der Waals surface area contributed by atoms with Crippen molar-refractivity contribution < 1.29 is 38.7 Å². The monoisotopic (exact) mass is 579 g/mol. The number of amides is 6. The molecule has 41 heavy (non-hydrogen) atoms. The molecule has 0 aliphatic carbocycles. The number of carbonyl (C=O) groups excluding carboxylic acids is 6. The highest BCUT2D eigenvalue weighted by atomic mass is 16.4. The number of nitrogens with zero attached hydrogens (tertiary/aromatic N) is 2. The normalized spacial score (nSPS) is 28.7. The average molecular weight is 580 g/mol. The molecule has 3 aliphatic heterocycles. The number of nitrogens with two attached hydrogens (primary N) is 2. The lowest BCUT2D eigenvalue weighted by Gasteiger charge is -2.42. The zero-order chi connectivity index (χ0) is 30.3. The van der Waals surface area contributed by atoms with Gasteiger partial charge in [-0.2, -0.15) is 0 Å². The summed E-state index contributed by atoms with van der Waals surface area (Å²) in [6, 6.07) is -5.14. The molecule has 3 rings (SSSR count). The van der Waals surface area contributed by atoms with Gasteiger partial charge in [0.1, 0.15) is 24.2 Å². The number of carbonyl (C=O) groups is 7. The molecule has 3 fully saturated rings. The van der Waals surface area contributed by atoms with Crippen LogP contribution in [0.3, 0.4) is 0 Å². The maximum absolute atomic E-state index is 13.8. The summed E-state index contributed by atoms with van der Waals surface area (Å²) >= 11 is 0. The highest BCUT2D eigenvalue weighted by Gasteiger charge is 2.50. The van der Waals surface area contributed by atoms with Crippen molar-refractivity contribution in [3.05, 3.63) is 0 Å². The molecule has 0 radical (unpaired) electrons. The summed E-state index contributed by atoms with van der Waals surface area (Å²) in [6.45, 7) is 0.942. The fourth-order valence-electron chi connectivity index (χ4n) is 5.42. The van der Waals surface area contributed by atoms with Crippen LogP contribution in [0.5, 0.6) is 0 Å². The molecule has 3 aliphatic rings. The molecular weight excluding hydrogens is 542 g/mol. The van der Waals surface area contributed by atoms with E-state index in [9.17, 15) is 38.7 Å². The number of rotatable bonds is 8. The maximum atomic E-state index is 13.8. The summed E-state index contributed by atoms with van der Waals surface area (Å²) in [7, 11) is 0. The molecular formula is C24H37N9O8. The molecule has 17 heteroatoms. The van der Waals surface area contributed by atoms with Gasteiger partial charge in [-0.1, -0.05) is 0 Å². The Hall–Kier alpha value is -4.44. The van der Waals surface area contributed by atoms with Gasteiger partial charge in [-0.25, -0.2) is 0 Å². The summed E-state index contributed by atoms with van der Waals surface area (Å²) in [5.74, 6) is -6.04. The average Bonchev–Trinajstić information content (AvgIpc) is 3.32. The Morgan fingerprint density at radius 1 is 1.02 bits per heavy atom. The van der Waals surface area contributed by atoms with E-state index in [1.165, 1.54) is 11.8 Å². The standard InChI is InChI=1S/C24H37N9O8/c1-11(34)28-9-12-7-13-4-5-16-22(40)31-14(3-2-6-27-24(25)26)20(38)29-10-17(35)30-15(8-18(36)37)21(39)32-19(12)23(41)33(13)16/h12-16,19H,2-10H2,1H3,(H,28,34)(H,29,38)(H,30,35)(H,31,40)(H,32,39)(H,36,37)(H4,25,26,27)/t12-,13?,14-,15?,16?,19+/m0/s1. The predicted octanol–water partition coefficient (Wildman–Crippen LogP) is -4.39. The minimum Gasteiger partial charge on any atom is -0.481 e. The van der Waals surface area contributed by atoms with Crippen molar-refractivity contribution >= 4 is 47.4 Å². The van der Waals surface area contributed by atoms with Crippen LogP contribution < -0.4 is 38.1 Å². The fourth-order valence-corrected chi connectivity index (χ4v) is 5.42. The van der Waals surface area contributed by atoms with E-state index in [2.05, 4.69) is 31.6 Å². The van der Waals surface area contributed by atoms with Gasteiger partial charge in [0, 0.05) is 32.0 Å². The van der Waals surface area contributed by atoms with Crippen LogP contribution in [0.2, 0.25) is 0 Å². The largest absolute Gasteiger partial charge is 0.481 e. The number of hydrogen-bond acceptors (Lipinski definition) is 8. The Morgan fingerprint density at radius 2 is 1.76 bits per heavy atom. The maximum Gasteiger partial charge on any atom is 0.305 e. The molecule has 6 atom stereocenters. The lowest BCUT2D eigenvalue weighted by atomic mass is 9.85. The van der Waals surface area contributed by atoms with Crippen molar-refractivity contribution in [3.8, 4) is 0 Å². The molecule has 0 aromatic rings. The molecule has 226 valence electrons. The molecule has 3 unspecified atom stereocenters. The Kier molecular flexibility index (Phi) is 10.4. The van der Waals surface area contributed by atoms with Crippen molar-refractivity contribution in [1.29, 1.82) is 0 Å². The third kappa shape index (κ3) is 8.28. The smallest absolute Gasteiger partial charge is 0.305 e. The number of aliphatic imine (C=N–C) groups is 1. The van der Waals surface area contributed by atoms with Crippen molar-refractivity contribution in [3.63, 3.8) is 0 Å². The SMILES string of the molecule is CC(=O)NC[C@@H]1CC2CCC3C(=O)N[C@@H](CCCN=C(N)N)C(=O)NCC(=O)NC(CC(=O)O)C(=O)N[C@H]1C(=O)N23. The number of carboxylic acids is 1. The lowest BCUT2D eigenvalue weighted by molar-refractivity contribution is -0.149. The van der Waals surface area contributed by atoms with E-state index < -0.39 is 78.6 Å². The number of hydrogen-bond donors (Lipinski definition) is 8. The molecule has 3 saturated heterocycles. The lowest BCUT2D eigenvalue weighted by Crippen LogP contribution is -2.65. The number of fused-ring (bicyclic) bond motifs is 1. The summed E-state index contributed by atoms with van der Waals surface area (Å²) in [4.78, 5) is 94.2. The van der Waals surface area contributed by atoms with Crippen molar-refractivity contribution in [2.45, 2.75) is 75.7 Å². The second-order valence-corrected chi connectivity index (χ2v) is 10.4. The second-order valence-electron chi connectivity index (χ2n) is 10.4. The molecule has 0 spiro atoms. The van der Waals surface area contributed by atoms with Crippen LogP contribution in [0.4, 0.5) is 0 Å². The number of piperidine rings is 1. The molecule has 2 bridgehead atoms. The van der Waals surface area contributed by atoms with Crippen molar-refractivity contribution in [2.24, 2.45) is 22.4 Å². The van der Waals surface area contributed by atoms with E-state index in [-0.39, 0.29) is 37.4 Å². The van der Waals surface area contributed by atoms with E-state index in [0.717, 1.165) is 0 Å². The molecule has 3 heterocycles. The molecule has 6 amide bonds. The zero-order valence-corrected chi connectivity index (χ0v) is 22.7. The zero-order valence-electron chi connectivity index (χ0n) is 22.7. The third-order valence-electron chi connectivity index (χ3n) is 7.31. The minimum atomic E-state index is -1.56. The van der Waals surface area contributed by atoms with Gasteiger partial charge >= 0.3 is 5.97 Å². The first-order valence-electron chi connectivity index (χ1n) is 13.4. The fraction of sp³-hybridized carbons (Fsp3) is 0.667. The van der Waals surface area contributed by atoms with Gasteiger partial charge in [0.15, 0.2) is 5.96 Å². The van der Waals surface area contributed by atoms with Gasteiger partial charge in [0.05, 0.1) is 13.0 Å². The predicted molar refractivity (Wildman–Crippen MR) is 141 cm³/mol. The summed E-state index contributed by atoms with van der Waals surface area (Å²) in [5.41, 5.74) is 10.7. The summed E-state index contributed by atoms with van der Waals surface area (Å²) < 4.78 is 0. The van der Waals surface area contributed by atoms with Crippen LogP contribution in [0.1, 0.15) is 45.4 Å². The second kappa shape index (κ2) is 13.8. The minimum absolute atomic E-state index is 0.0550. The van der Waals surface area contributed by atoms with Gasteiger partial charge in [0.2, 0.25) is 35.4 Å².